The van der Waals surface area contributed by atoms with Crippen LogP contribution in [0.2, 0.25) is 0 Å². The summed E-state index contributed by atoms with van der Waals surface area (Å²) in [5, 5.41) is 3.81. The average molecular weight is 252 g/mol. The monoisotopic (exact) mass is 252 g/mol. The summed E-state index contributed by atoms with van der Waals surface area (Å²) >= 11 is 0. The first-order valence-electron chi connectivity index (χ1n) is 8.28. The van der Waals surface area contributed by atoms with Gasteiger partial charge in [0, 0.05) is 12.1 Å². The molecule has 0 aromatic heterocycles. The zero-order chi connectivity index (χ0) is 12.8. The normalized spacial score (nSPS) is 35.3. The van der Waals surface area contributed by atoms with Crippen LogP contribution >= 0.6 is 0 Å². The Morgan fingerprint density at radius 1 is 1.00 bits per heavy atom. The fraction of sp³-hybridized carbons (Fsp3) is 1.00. The molecule has 2 aliphatic rings. The van der Waals surface area contributed by atoms with E-state index in [1.807, 2.05) is 0 Å². The molecule has 0 aromatic carbocycles. The zero-order valence-electron chi connectivity index (χ0n) is 12.5. The molecule has 2 rings (SSSR count). The van der Waals surface area contributed by atoms with Crippen molar-refractivity contribution < 1.29 is 0 Å². The van der Waals surface area contributed by atoms with Crippen molar-refractivity contribution in [1.29, 1.82) is 0 Å². The van der Waals surface area contributed by atoms with Crippen LogP contribution in [0.1, 0.15) is 65.2 Å². The van der Waals surface area contributed by atoms with Gasteiger partial charge in [-0.3, -0.25) is 4.90 Å². The molecule has 1 saturated heterocycles. The molecule has 0 bridgehead atoms. The Bertz CT molecular complexity index is 229. The fourth-order valence-electron chi connectivity index (χ4n) is 3.73. The molecule has 1 saturated carbocycles. The molecule has 2 heteroatoms. The van der Waals surface area contributed by atoms with Gasteiger partial charge in [-0.15, -0.1) is 0 Å². The van der Waals surface area contributed by atoms with Crippen molar-refractivity contribution in [3.8, 4) is 0 Å². The minimum atomic E-state index is 0.770. The van der Waals surface area contributed by atoms with Crippen LogP contribution < -0.4 is 5.32 Å². The lowest BCUT2D eigenvalue weighted by Gasteiger charge is -2.40. The fourth-order valence-corrected chi connectivity index (χ4v) is 3.73. The van der Waals surface area contributed by atoms with Crippen molar-refractivity contribution in [3.05, 3.63) is 0 Å². The zero-order valence-corrected chi connectivity index (χ0v) is 12.5. The van der Waals surface area contributed by atoms with E-state index < -0.39 is 0 Å². The molecule has 106 valence electrons. The standard InChI is InChI=1S/C16H32N2/c1-3-11-17-15-8-4-5-9-16(15)18-12-6-7-14(2)10-13-18/h14-17H,3-13H2,1-2H3. The smallest absolute Gasteiger partial charge is 0.0249 e. The quantitative estimate of drug-likeness (QED) is 0.825. The molecule has 2 fully saturated rings. The molecule has 0 aromatic rings. The number of nitrogens with one attached hydrogen (secondary N) is 1. The predicted octanol–water partition coefficient (Wildman–Crippen LogP) is 3.42. The third kappa shape index (κ3) is 3.96. The molecule has 1 aliphatic heterocycles. The molecule has 1 aliphatic carbocycles. The number of hydrogen-bond acceptors (Lipinski definition) is 2. The van der Waals surface area contributed by atoms with Gasteiger partial charge in [-0.2, -0.15) is 0 Å². The third-order valence-corrected chi connectivity index (χ3v) is 4.91. The van der Waals surface area contributed by atoms with Crippen molar-refractivity contribution in [2.75, 3.05) is 19.6 Å². The maximum absolute atomic E-state index is 3.81. The van der Waals surface area contributed by atoms with E-state index in [1.165, 1.54) is 71.0 Å². The van der Waals surface area contributed by atoms with Crippen LogP contribution in [0, 0.1) is 5.92 Å². The molecule has 1 heterocycles. The van der Waals surface area contributed by atoms with Gasteiger partial charge >= 0.3 is 0 Å². The van der Waals surface area contributed by atoms with Gasteiger partial charge in [-0.25, -0.2) is 0 Å². The Labute approximate surface area is 114 Å². The van der Waals surface area contributed by atoms with E-state index in [0.717, 1.165) is 18.0 Å². The van der Waals surface area contributed by atoms with Crippen LogP contribution in [-0.4, -0.2) is 36.6 Å². The highest BCUT2D eigenvalue weighted by atomic mass is 15.2. The summed E-state index contributed by atoms with van der Waals surface area (Å²) in [7, 11) is 0. The molecule has 3 atom stereocenters. The summed E-state index contributed by atoms with van der Waals surface area (Å²) in [5.41, 5.74) is 0. The summed E-state index contributed by atoms with van der Waals surface area (Å²) in [6, 6.07) is 1.60. The van der Waals surface area contributed by atoms with Gasteiger partial charge in [-0.1, -0.05) is 26.7 Å². The lowest BCUT2D eigenvalue weighted by molar-refractivity contribution is 0.124. The van der Waals surface area contributed by atoms with Crippen molar-refractivity contribution >= 4 is 0 Å². The SMILES string of the molecule is CCCNC1CCCCC1N1CCCC(C)CC1. The first kappa shape index (κ1) is 14.3. The highest BCUT2D eigenvalue weighted by molar-refractivity contribution is 4.89. The molecular formula is C16H32N2. The van der Waals surface area contributed by atoms with Crippen molar-refractivity contribution in [2.45, 2.75) is 77.3 Å². The second-order valence-electron chi connectivity index (χ2n) is 6.48. The van der Waals surface area contributed by atoms with Crippen molar-refractivity contribution in [2.24, 2.45) is 5.92 Å². The van der Waals surface area contributed by atoms with Crippen LogP contribution in [0.5, 0.6) is 0 Å². The summed E-state index contributed by atoms with van der Waals surface area (Å²) in [4.78, 5) is 2.82. The number of rotatable bonds is 4. The highest BCUT2D eigenvalue weighted by Crippen LogP contribution is 2.26. The summed E-state index contributed by atoms with van der Waals surface area (Å²) in [5.74, 6) is 0.945. The van der Waals surface area contributed by atoms with E-state index >= 15 is 0 Å². The largest absolute Gasteiger partial charge is 0.312 e. The van der Waals surface area contributed by atoms with Gasteiger partial charge in [0.05, 0.1) is 0 Å². The van der Waals surface area contributed by atoms with Crippen LogP contribution in [0.3, 0.4) is 0 Å². The lowest BCUT2D eigenvalue weighted by atomic mass is 9.89. The Kier molecular flexibility index (Phi) is 5.97. The molecule has 0 radical (unpaired) electrons. The minimum absolute atomic E-state index is 0.770. The van der Waals surface area contributed by atoms with Gasteiger partial charge in [-0.05, 0) is 64.1 Å². The van der Waals surface area contributed by atoms with E-state index in [9.17, 15) is 0 Å². The van der Waals surface area contributed by atoms with Gasteiger partial charge in [0.1, 0.15) is 0 Å². The minimum Gasteiger partial charge on any atom is -0.312 e. The maximum Gasteiger partial charge on any atom is 0.0249 e. The third-order valence-electron chi connectivity index (χ3n) is 4.91. The molecule has 18 heavy (non-hydrogen) atoms. The van der Waals surface area contributed by atoms with Gasteiger partial charge < -0.3 is 5.32 Å². The van der Waals surface area contributed by atoms with E-state index in [1.54, 1.807) is 0 Å². The van der Waals surface area contributed by atoms with E-state index in [-0.39, 0.29) is 0 Å². The van der Waals surface area contributed by atoms with E-state index in [2.05, 4.69) is 24.1 Å². The van der Waals surface area contributed by atoms with E-state index in [0.29, 0.717) is 0 Å². The Morgan fingerprint density at radius 3 is 2.67 bits per heavy atom. The second kappa shape index (κ2) is 7.49. The van der Waals surface area contributed by atoms with Crippen LogP contribution in [0.15, 0.2) is 0 Å². The van der Waals surface area contributed by atoms with Gasteiger partial charge in [0.2, 0.25) is 0 Å². The molecule has 0 amide bonds. The van der Waals surface area contributed by atoms with Gasteiger partial charge in [0.15, 0.2) is 0 Å². The predicted molar refractivity (Wildman–Crippen MR) is 78.9 cm³/mol. The molecule has 3 unspecified atom stereocenters. The first-order chi connectivity index (χ1) is 8.81. The average Bonchev–Trinajstić information content (AvgIpc) is 2.61. The molecule has 1 N–H and O–H groups in total. The first-order valence-corrected chi connectivity index (χ1v) is 8.28. The van der Waals surface area contributed by atoms with Gasteiger partial charge in [0.25, 0.3) is 0 Å². The summed E-state index contributed by atoms with van der Waals surface area (Å²) in [6.07, 6.45) is 11.2. The number of hydrogen-bond donors (Lipinski definition) is 1. The molecule has 2 nitrogen and oxygen atoms in total. The Morgan fingerprint density at radius 2 is 1.83 bits per heavy atom. The van der Waals surface area contributed by atoms with Crippen LogP contribution in [-0.2, 0) is 0 Å². The summed E-state index contributed by atoms with van der Waals surface area (Å²) in [6.45, 7) is 8.59. The topological polar surface area (TPSA) is 15.3 Å². The van der Waals surface area contributed by atoms with Crippen LogP contribution in [0.4, 0.5) is 0 Å². The second-order valence-corrected chi connectivity index (χ2v) is 6.48. The Balaban J connectivity index is 1.90. The van der Waals surface area contributed by atoms with Crippen LogP contribution in [0.25, 0.3) is 0 Å². The number of nitrogens with zero attached hydrogens (tertiary/aromatic N) is 1. The summed E-state index contributed by atoms with van der Waals surface area (Å²) < 4.78 is 0. The maximum atomic E-state index is 3.81. The molecule has 0 spiro atoms. The number of likely N-dealkylation sites (tertiary alicyclic amines) is 1. The highest BCUT2D eigenvalue weighted by Gasteiger charge is 2.30. The molecular weight excluding hydrogens is 220 g/mol. The van der Waals surface area contributed by atoms with Crippen molar-refractivity contribution in [1.82, 2.24) is 10.2 Å². The Hall–Kier alpha value is -0.0800. The van der Waals surface area contributed by atoms with E-state index in [4.69, 9.17) is 0 Å². The van der Waals surface area contributed by atoms with Crippen molar-refractivity contribution in [3.63, 3.8) is 0 Å². The lowest BCUT2D eigenvalue weighted by Crippen LogP contribution is -2.52.